The van der Waals surface area contributed by atoms with Gasteiger partial charge in [-0.2, -0.15) is 5.10 Å². The first-order valence-electron chi connectivity index (χ1n) is 6.09. The summed E-state index contributed by atoms with van der Waals surface area (Å²) in [5.41, 5.74) is -1.61. The highest BCUT2D eigenvalue weighted by Crippen LogP contribution is 2.08. The van der Waals surface area contributed by atoms with Crippen molar-refractivity contribution in [1.29, 1.82) is 0 Å². The molecule has 0 aliphatic heterocycles. The molecule has 10 heteroatoms. The van der Waals surface area contributed by atoms with Crippen LogP contribution in [-0.2, 0) is 0 Å². The number of rotatable bonds is 3. The number of nitrogens with zero attached hydrogens (tertiary/aromatic N) is 4. The smallest absolute Gasteiger partial charge is 0.305 e. The monoisotopic (exact) mass is 299 g/mol. The maximum Gasteiger partial charge on any atom is 0.326 e. The quantitative estimate of drug-likeness (QED) is 0.584. The second-order valence-corrected chi connectivity index (χ2v) is 4.17. The fraction of sp³-hybridized carbons (Fsp3) is 0. The van der Waals surface area contributed by atoms with Crippen LogP contribution in [-0.4, -0.2) is 35.6 Å². The van der Waals surface area contributed by atoms with Crippen molar-refractivity contribution in [1.82, 2.24) is 29.7 Å². The van der Waals surface area contributed by atoms with Gasteiger partial charge in [-0.15, -0.1) is 0 Å². The Hall–Kier alpha value is -3.56. The molecule has 3 aromatic rings. The molecule has 0 atom stereocenters. The fourth-order valence-corrected chi connectivity index (χ4v) is 1.72. The number of amides is 1. The summed E-state index contributed by atoms with van der Waals surface area (Å²) in [6, 6.07) is 4.20. The molecule has 0 radical (unpaired) electrons. The van der Waals surface area contributed by atoms with Crippen molar-refractivity contribution >= 4 is 11.7 Å². The van der Waals surface area contributed by atoms with E-state index in [1.54, 1.807) is 18.5 Å². The van der Waals surface area contributed by atoms with Crippen LogP contribution in [0.15, 0.2) is 46.5 Å². The van der Waals surface area contributed by atoms with E-state index in [0.29, 0.717) is 5.82 Å². The number of aromatic nitrogens is 6. The van der Waals surface area contributed by atoms with E-state index in [0.717, 1.165) is 6.07 Å². The summed E-state index contributed by atoms with van der Waals surface area (Å²) in [7, 11) is 0. The number of anilines is 1. The van der Waals surface area contributed by atoms with Crippen LogP contribution in [0.25, 0.3) is 5.82 Å². The van der Waals surface area contributed by atoms with Crippen molar-refractivity contribution in [3.05, 3.63) is 63.5 Å². The minimum absolute atomic E-state index is 0.173. The molecule has 3 N–H and O–H groups in total. The molecule has 110 valence electrons. The third-order valence-corrected chi connectivity index (χ3v) is 2.64. The molecule has 0 saturated heterocycles. The van der Waals surface area contributed by atoms with Crippen LogP contribution in [0.5, 0.6) is 0 Å². The summed E-state index contributed by atoms with van der Waals surface area (Å²) in [4.78, 5) is 46.4. The Labute approximate surface area is 121 Å². The van der Waals surface area contributed by atoms with Crippen molar-refractivity contribution in [3.8, 4) is 5.82 Å². The zero-order valence-electron chi connectivity index (χ0n) is 11.0. The standard InChI is InChI=1S/C12H9N7O3/c20-10-4-7(16-12(22)18-10)11(21)17-8-5-9(14-6-13-8)19-3-1-2-15-19/h1-6H,(H,13,14,17,21)(H2,16,18,20,22). The molecular weight excluding hydrogens is 290 g/mol. The number of hydrogen-bond acceptors (Lipinski definition) is 6. The highest BCUT2D eigenvalue weighted by molar-refractivity contribution is 6.02. The molecular formula is C12H9N7O3. The Balaban J connectivity index is 1.87. The van der Waals surface area contributed by atoms with Crippen LogP contribution in [0, 0.1) is 0 Å². The number of aromatic amines is 2. The van der Waals surface area contributed by atoms with Crippen molar-refractivity contribution in [2.75, 3.05) is 5.32 Å². The van der Waals surface area contributed by atoms with Gasteiger partial charge in [0.1, 0.15) is 17.8 Å². The lowest BCUT2D eigenvalue weighted by Gasteiger charge is -2.05. The predicted octanol–water partition coefficient (Wildman–Crippen LogP) is -0.709. The second-order valence-electron chi connectivity index (χ2n) is 4.17. The van der Waals surface area contributed by atoms with E-state index in [1.165, 1.54) is 17.1 Å². The largest absolute Gasteiger partial charge is 0.326 e. The number of nitrogens with one attached hydrogen (secondary N) is 3. The summed E-state index contributed by atoms with van der Waals surface area (Å²) < 4.78 is 1.49. The second kappa shape index (κ2) is 5.44. The first-order valence-corrected chi connectivity index (χ1v) is 6.09. The summed E-state index contributed by atoms with van der Waals surface area (Å²) in [5, 5.41) is 6.47. The molecule has 10 nitrogen and oxygen atoms in total. The minimum atomic E-state index is -0.766. The van der Waals surface area contributed by atoms with Gasteiger partial charge in [-0.3, -0.25) is 14.6 Å². The Morgan fingerprint density at radius 3 is 2.77 bits per heavy atom. The maximum absolute atomic E-state index is 12.0. The Kier molecular flexibility index (Phi) is 3.32. The summed E-state index contributed by atoms with van der Waals surface area (Å²) >= 11 is 0. The van der Waals surface area contributed by atoms with Gasteiger partial charge >= 0.3 is 5.69 Å². The molecule has 0 saturated carbocycles. The Bertz CT molecular complexity index is 898. The van der Waals surface area contributed by atoms with Crippen LogP contribution < -0.4 is 16.6 Å². The zero-order valence-corrected chi connectivity index (χ0v) is 11.0. The molecule has 3 heterocycles. The van der Waals surface area contributed by atoms with Crippen molar-refractivity contribution in [2.45, 2.75) is 0 Å². The van der Waals surface area contributed by atoms with E-state index in [9.17, 15) is 14.4 Å². The van der Waals surface area contributed by atoms with Crippen LogP contribution >= 0.6 is 0 Å². The van der Waals surface area contributed by atoms with E-state index in [2.05, 4.69) is 25.4 Å². The number of hydrogen-bond donors (Lipinski definition) is 3. The lowest BCUT2D eigenvalue weighted by molar-refractivity contribution is 0.102. The SMILES string of the molecule is O=C(Nc1cc(-n2cccn2)ncn1)c1cc(=O)[nH]c(=O)[nH]1. The summed E-state index contributed by atoms with van der Waals surface area (Å²) in [6.45, 7) is 0. The van der Waals surface area contributed by atoms with Gasteiger partial charge in [0.2, 0.25) is 0 Å². The minimum Gasteiger partial charge on any atom is -0.305 e. The first kappa shape index (κ1) is 13.4. The molecule has 3 rings (SSSR count). The van der Waals surface area contributed by atoms with E-state index in [-0.39, 0.29) is 11.5 Å². The van der Waals surface area contributed by atoms with Crippen molar-refractivity contribution < 1.29 is 4.79 Å². The van der Waals surface area contributed by atoms with E-state index in [1.807, 2.05) is 4.98 Å². The molecule has 0 spiro atoms. The average molecular weight is 299 g/mol. The van der Waals surface area contributed by atoms with Gasteiger partial charge in [-0.1, -0.05) is 0 Å². The van der Waals surface area contributed by atoms with Crippen molar-refractivity contribution in [3.63, 3.8) is 0 Å². The lowest BCUT2D eigenvalue weighted by atomic mass is 10.3. The fourth-order valence-electron chi connectivity index (χ4n) is 1.72. The molecule has 1 amide bonds. The van der Waals surface area contributed by atoms with Crippen molar-refractivity contribution in [2.24, 2.45) is 0 Å². The van der Waals surface area contributed by atoms with Gasteiger partial charge in [-0.05, 0) is 6.07 Å². The van der Waals surface area contributed by atoms with Crippen LogP contribution in [0.1, 0.15) is 10.5 Å². The third-order valence-electron chi connectivity index (χ3n) is 2.64. The Morgan fingerprint density at radius 2 is 2.05 bits per heavy atom. The lowest BCUT2D eigenvalue weighted by Crippen LogP contribution is -2.27. The number of H-pyrrole nitrogens is 2. The molecule has 0 fully saturated rings. The van der Waals surface area contributed by atoms with Crippen LogP contribution in [0.3, 0.4) is 0 Å². The molecule has 0 unspecified atom stereocenters. The van der Waals surface area contributed by atoms with Crippen LogP contribution in [0.2, 0.25) is 0 Å². The highest BCUT2D eigenvalue weighted by Gasteiger charge is 2.10. The number of carbonyl (C=O) groups excluding carboxylic acids is 1. The average Bonchev–Trinajstić information content (AvgIpc) is 3.00. The maximum atomic E-state index is 12.0. The van der Waals surface area contributed by atoms with Gasteiger partial charge < -0.3 is 10.3 Å². The molecule has 0 aliphatic rings. The van der Waals surface area contributed by atoms with E-state index in [4.69, 9.17) is 0 Å². The normalized spacial score (nSPS) is 10.4. The molecule has 0 bridgehead atoms. The zero-order chi connectivity index (χ0) is 15.5. The highest BCUT2D eigenvalue weighted by atomic mass is 16.2. The molecule has 3 aromatic heterocycles. The summed E-state index contributed by atoms with van der Waals surface area (Å²) in [5.74, 6) is -0.0188. The van der Waals surface area contributed by atoms with Gasteiger partial charge in [0.15, 0.2) is 5.82 Å². The van der Waals surface area contributed by atoms with Gasteiger partial charge in [0, 0.05) is 24.5 Å². The van der Waals surface area contributed by atoms with Gasteiger partial charge in [0.05, 0.1) is 0 Å². The first-order chi connectivity index (χ1) is 10.6. The van der Waals surface area contributed by atoms with E-state index >= 15 is 0 Å². The molecule has 0 aromatic carbocycles. The predicted molar refractivity (Wildman–Crippen MR) is 74.8 cm³/mol. The van der Waals surface area contributed by atoms with Gasteiger partial charge in [-0.25, -0.2) is 19.4 Å². The molecule has 22 heavy (non-hydrogen) atoms. The summed E-state index contributed by atoms with van der Waals surface area (Å²) in [6.07, 6.45) is 4.52. The third kappa shape index (κ3) is 2.80. The Morgan fingerprint density at radius 1 is 1.18 bits per heavy atom. The van der Waals surface area contributed by atoms with Gasteiger partial charge in [0.25, 0.3) is 11.5 Å². The van der Waals surface area contributed by atoms with Crippen LogP contribution in [0.4, 0.5) is 5.82 Å². The molecule has 0 aliphatic carbocycles. The van der Waals surface area contributed by atoms with E-state index < -0.39 is 17.2 Å². The topological polar surface area (TPSA) is 138 Å². The number of carbonyl (C=O) groups is 1.